The summed E-state index contributed by atoms with van der Waals surface area (Å²) in [5.41, 5.74) is 1.83. The monoisotopic (exact) mass is 400 g/mol. The van der Waals surface area contributed by atoms with Crippen LogP contribution >= 0.6 is 0 Å². The molecular formula is C24H24N4O2. The minimum absolute atomic E-state index is 0.0296. The van der Waals surface area contributed by atoms with E-state index in [4.69, 9.17) is 9.72 Å². The van der Waals surface area contributed by atoms with E-state index >= 15 is 0 Å². The van der Waals surface area contributed by atoms with Crippen LogP contribution in [0.4, 0.5) is 0 Å². The van der Waals surface area contributed by atoms with Gasteiger partial charge >= 0.3 is 0 Å². The van der Waals surface area contributed by atoms with Crippen LogP contribution in [0.1, 0.15) is 19.3 Å². The molecule has 30 heavy (non-hydrogen) atoms. The number of fused-ring (bicyclic) bond motifs is 2. The van der Waals surface area contributed by atoms with Crippen molar-refractivity contribution in [3.8, 4) is 11.8 Å². The number of amides is 1. The third-order valence-electron chi connectivity index (χ3n) is 6.11. The van der Waals surface area contributed by atoms with Gasteiger partial charge in [-0.25, -0.2) is 4.98 Å². The molecule has 3 heterocycles. The first-order valence-electron chi connectivity index (χ1n) is 10.6. The summed E-state index contributed by atoms with van der Waals surface area (Å²) in [5.74, 6) is 0.846. The fourth-order valence-corrected chi connectivity index (χ4v) is 4.57. The summed E-state index contributed by atoms with van der Waals surface area (Å²) in [4.78, 5) is 21.3. The second-order valence-electron chi connectivity index (χ2n) is 8.15. The number of nitriles is 1. The molecule has 0 saturated carbocycles. The molecule has 2 atom stereocenters. The second kappa shape index (κ2) is 7.92. The normalized spacial score (nSPS) is 21.9. The van der Waals surface area contributed by atoms with Crippen LogP contribution in [0.5, 0.6) is 5.75 Å². The first-order chi connectivity index (χ1) is 14.7. The topological polar surface area (TPSA) is 69.5 Å². The summed E-state index contributed by atoms with van der Waals surface area (Å²) in [7, 11) is 0. The smallest absolute Gasteiger partial charge is 0.237 e. The number of aromatic nitrogens is 1. The molecular weight excluding hydrogens is 376 g/mol. The largest absolute Gasteiger partial charge is 0.487 e. The molecule has 0 spiro atoms. The Morgan fingerprint density at radius 3 is 2.90 bits per heavy atom. The van der Waals surface area contributed by atoms with Gasteiger partial charge in [-0.15, -0.1) is 0 Å². The summed E-state index contributed by atoms with van der Waals surface area (Å²) in [6.45, 7) is 2.58. The van der Waals surface area contributed by atoms with E-state index in [0.29, 0.717) is 19.6 Å². The number of hydrogen-bond donors (Lipinski definition) is 0. The molecule has 6 heteroatoms. The molecule has 0 aliphatic carbocycles. The lowest BCUT2D eigenvalue weighted by molar-refractivity contribution is -0.132. The highest BCUT2D eigenvalue weighted by molar-refractivity contribution is 5.95. The van der Waals surface area contributed by atoms with Gasteiger partial charge in [0.1, 0.15) is 23.4 Å². The van der Waals surface area contributed by atoms with E-state index in [2.05, 4.69) is 29.2 Å². The molecule has 0 N–H and O–H groups in total. The van der Waals surface area contributed by atoms with E-state index < -0.39 is 0 Å². The Bertz CT molecular complexity index is 1140. The average molecular weight is 400 g/mol. The lowest BCUT2D eigenvalue weighted by atomic mass is 10.1. The van der Waals surface area contributed by atoms with E-state index in [0.717, 1.165) is 53.4 Å². The highest BCUT2D eigenvalue weighted by atomic mass is 16.5. The van der Waals surface area contributed by atoms with Gasteiger partial charge in [0.25, 0.3) is 0 Å². The third kappa shape index (κ3) is 3.57. The summed E-state index contributed by atoms with van der Waals surface area (Å²) >= 11 is 0. The summed E-state index contributed by atoms with van der Waals surface area (Å²) in [6, 6.07) is 18.3. The molecule has 1 amide bonds. The Morgan fingerprint density at radius 2 is 2.00 bits per heavy atom. The van der Waals surface area contributed by atoms with E-state index in [1.165, 1.54) is 0 Å². The molecule has 2 aromatic carbocycles. The van der Waals surface area contributed by atoms with E-state index in [1.807, 2.05) is 30.3 Å². The molecule has 3 aromatic rings. The third-order valence-corrected chi connectivity index (χ3v) is 6.11. The molecule has 0 bridgehead atoms. The number of likely N-dealkylation sites (tertiary alicyclic amines) is 2. The number of benzene rings is 2. The number of rotatable bonds is 4. The van der Waals surface area contributed by atoms with Crippen molar-refractivity contribution in [3.05, 3.63) is 48.5 Å². The second-order valence-corrected chi connectivity index (χ2v) is 8.15. The molecule has 1 aromatic heterocycles. The number of hydrogen-bond acceptors (Lipinski definition) is 5. The number of ether oxygens (including phenoxy) is 1. The average Bonchev–Trinajstić information content (AvgIpc) is 3.42. The fraction of sp³-hybridized carbons (Fsp3) is 0.375. The first kappa shape index (κ1) is 18.8. The van der Waals surface area contributed by atoms with Gasteiger partial charge in [0.05, 0.1) is 18.1 Å². The molecule has 5 rings (SSSR count). The number of nitrogens with zero attached hydrogens (tertiary/aromatic N) is 4. The van der Waals surface area contributed by atoms with Crippen LogP contribution in [-0.4, -0.2) is 59.0 Å². The lowest BCUT2D eigenvalue weighted by Gasteiger charge is -2.23. The maximum atomic E-state index is 12.6. The van der Waals surface area contributed by atoms with Crippen molar-refractivity contribution < 1.29 is 9.53 Å². The molecule has 152 valence electrons. The maximum Gasteiger partial charge on any atom is 0.237 e. The van der Waals surface area contributed by atoms with E-state index in [-0.39, 0.29) is 18.1 Å². The molecule has 0 unspecified atom stereocenters. The number of para-hydroxylation sites is 2. The Kier molecular flexibility index (Phi) is 4.97. The van der Waals surface area contributed by atoms with Gasteiger partial charge in [-0.3, -0.25) is 9.69 Å². The van der Waals surface area contributed by atoms with Gasteiger partial charge < -0.3 is 9.64 Å². The quantitative estimate of drug-likeness (QED) is 0.628. The number of carbonyl (C=O) groups excluding carboxylic acids is 1. The summed E-state index contributed by atoms with van der Waals surface area (Å²) in [5, 5.41) is 11.4. The predicted octanol–water partition coefficient (Wildman–Crippen LogP) is 3.36. The van der Waals surface area contributed by atoms with Crippen LogP contribution < -0.4 is 4.74 Å². The number of carbonyl (C=O) groups is 1. The van der Waals surface area contributed by atoms with Gasteiger partial charge in [-0.1, -0.05) is 30.3 Å². The Morgan fingerprint density at radius 1 is 1.13 bits per heavy atom. The van der Waals surface area contributed by atoms with Gasteiger partial charge in [0, 0.05) is 30.4 Å². The van der Waals surface area contributed by atoms with Crippen molar-refractivity contribution in [3.63, 3.8) is 0 Å². The zero-order valence-electron chi connectivity index (χ0n) is 16.8. The lowest BCUT2D eigenvalue weighted by Crippen LogP contribution is -2.42. The van der Waals surface area contributed by atoms with Crippen LogP contribution in [0, 0.1) is 11.3 Å². The standard InChI is InChI=1S/C24H24N4O2/c25-14-19-7-4-11-28(19)23(29)16-27-12-10-20(15-27)30-22-9-3-6-18-13-17-5-1-2-8-21(17)26-24(18)22/h1-3,5-6,8-9,13,19-20H,4,7,10-12,15-16H2/t19-,20-/m0/s1. The van der Waals surface area contributed by atoms with Gasteiger partial charge in [-0.05, 0) is 37.5 Å². The Hall–Kier alpha value is -3.17. The fourth-order valence-electron chi connectivity index (χ4n) is 4.57. The van der Waals surface area contributed by atoms with Crippen molar-refractivity contribution in [2.24, 2.45) is 0 Å². The predicted molar refractivity (Wildman–Crippen MR) is 115 cm³/mol. The van der Waals surface area contributed by atoms with Crippen LogP contribution in [0.25, 0.3) is 21.8 Å². The Labute approximate surface area is 175 Å². The highest BCUT2D eigenvalue weighted by Gasteiger charge is 2.32. The van der Waals surface area contributed by atoms with E-state index in [1.54, 1.807) is 4.90 Å². The highest BCUT2D eigenvalue weighted by Crippen LogP contribution is 2.29. The van der Waals surface area contributed by atoms with Crippen molar-refractivity contribution >= 4 is 27.7 Å². The van der Waals surface area contributed by atoms with E-state index in [9.17, 15) is 10.1 Å². The van der Waals surface area contributed by atoms with Crippen molar-refractivity contribution in [2.75, 3.05) is 26.2 Å². The molecule has 6 nitrogen and oxygen atoms in total. The van der Waals surface area contributed by atoms with Gasteiger partial charge in [0.15, 0.2) is 0 Å². The summed E-state index contributed by atoms with van der Waals surface area (Å²) < 4.78 is 6.34. The SMILES string of the molecule is N#C[C@@H]1CCCN1C(=O)CN1CC[C@H](Oc2cccc3cc4ccccc4nc23)C1. The first-order valence-corrected chi connectivity index (χ1v) is 10.6. The zero-order chi connectivity index (χ0) is 20.5. The zero-order valence-corrected chi connectivity index (χ0v) is 16.8. The molecule has 2 fully saturated rings. The van der Waals surface area contributed by atoms with Crippen LogP contribution in [0.3, 0.4) is 0 Å². The summed E-state index contributed by atoms with van der Waals surface area (Å²) in [6.07, 6.45) is 2.61. The van der Waals surface area contributed by atoms with Gasteiger partial charge in [0.2, 0.25) is 5.91 Å². The van der Waals surface area contributed by atoms with Crippen LogP contribution in [-0.2, 0) is 4.79 Å². The molecule has 0 radical (unpaired) electrons. The molecule has 2 aliphatic rings. The minimum atomic E-state index is -0.260. The molecule has 2 saturated heterocycles. The molecule has 2 aliphatic heterocycles. The van der Waals surface area contributed by atoms with Crippen molar-refractivity contribution in [2.45, 2.75) is 31.4 Å². The van der Waals surface area contributed by atoms with Crippen molar-refractivity contribution in [1.29, 1.82) is 5.26 Å². The van der Waals surface area contributed by atoms with Crippen molar-refractivity contribution in [1.82, 2.24) is 14.8 Å². The maximum absolute atomic E-state index is 12.6. The Balaban J connectivity index is 1.28. The van der Waals surface area contributed by atoms with Gasteiger partial charge in [-0.2, -0.15) is 5.26 Å². The van der Waals surface area contributed by atoms with Crippen LogP contribution in [0.15, 0.2) is 48.5 Å². The van der Waals surface area contributed by atoms with Crippen LogP contribution in [0.2, 0.25) is 0 Å². The minimum Gasteiger partial charge on any atom is -0.487 e. The number of pyridine rings is 1.